The Balaban J connectivity index is 1.31. The molecule has 3 fully saturated rings. The number of likely N-dealkylation sites (tertiary alicyclic amines) is 1. The van der Waals surface area contributed by atoms with Gasteiger partial charge in [-0.05, 0) is 43.0 Å². The van der Waals surface area contributed by atoms with Crippen LogP contribution >= 0.6 is 0 Å². The molecule has 2 saturated heterocycles. The highest BCUT2D eigenvalue weighted by molar-refractivity contribution is 5.90. The number of hydrogen-bond donors (Lipinski definition) is 1. The average molecular weight is 326 g/mol. The molecule has 1 aromatic rings. The molecule has 2 aliphatic heterocycles. The molecule has 1 aliphatic carbocycles. The first-order chi connectivity index (χ1) is 11.6. The van der Waals surface area contributed by atoms with E-state index in [9.17, 15) is 9.59 Å². The van der Waals surface area contributed by atoms with Crippen LogP contribution in [-0.2, 0) is 9.63 Å². The van der Waals surface area contributed by atoms with Gasteiger partial charge in [0.15, 0.2) is 0 Å². The van der Waals surface area contributed by atoms with Gasteiger partial charge >= 0.3 is 6.03 Å². The third-order valence-corrected chi connectivity index (χ3v) is 4.69. The van der Waals surface area contributed by atoms with Crippen molar-refractivity contribution in [2.75, 3.05) is 25.0 Å². The van der Waals surface area contributed by atoms with Gasteiger partial charge in [0.1, 0.15) is 5.60 Å². The molecule has 1 spiro atoms. The van der Waals surface area contributed by atoms with Gasteiger partial charge in [-0.2, -0.15) is 5.26 Å². The van der Waals surface area contributed by atoms with E-state index in [4.69, 9.17) is 10.1 Å². The number of hydrogen-bond acceptors (Lipinski definition) is 4. The Kier molecular flexibility index (Phi) is 3.43. The minimum absolute atomic E-state index is 0.0223. The summed E-state index contributed by atoms with van der Waals surface area (Å²) in [7, 11) is 0. The third kappa shape index (κ3) is 2.81. The normalized spacial score (nSPS) is 21.5. The zero-order chi connectivity index (χ0) is 16.7. The van der Waals surface area contributed by atoms with Crippen LogP contribution in [0.15, 0.2) is 24.3 Å². The molecule has 1 aromatic carbocycles. The molecule has 24 heavy (non-hydrogen) atoms. The summed E-state index contributed by atoms with van der Waals surface area (Å²) < 4.78 is 0. The molecule has 0 aromatic heterocycles. The maximum absolute atomic E-state index is 12.2. The average Bonchev–Trinajstić information content (AvgIpc) is 3.29. The maximum Gasteiger partial charge on any atom is 0.322 e. The van der Waals surface area contributed by atoms with Gasteiger partial charge in [0.05, 0.1) is 37.7 Å². The van der Waals surface area contributed by atoms with Gasteiger partial charge in [0.25, 0.3) is 0 Å². The summed E-state index contributed by atoms with van der Waals surface area (Å²) in [6.07, 6.45) is 2.68. The molecule has 7 heteroatoms. The molecule has 0 atom stereocenters. The van der Waals surface area contributed by atoms with Crippen molar-refractivity contribution in [1.29, 1.82) is 5.26 Å². The molecule has 0 radical (unpaired) electrons. The fourth-order valence-corrected chi connectivity index (χ4v) is 3.15. The molecule has 2 heterocycles. The number of amides is 3. The topological polar surface area (TPSA) is 85.7 Å². The zero-order valence-corrected chi connectivity index (χ0v) is 13.2. The van der Waals surface area contributed by atoms with Gasteiger partial charge in [-0.15, -0.1) is 0 Å². The van der Waals surface area contributed by atoms with Crippen LogP contribution < -0.4 is 5.32 Å². The fourth-order valence-electron chi connectivity index (χ4n) is 3.15. The quantitative estimate of drug-likeness (QED) is 0.916. The van der Waals surface area contributed by atoms with E-state index >= 15 is 0 Å². The Morgan fingerprint density at radius 3 is 2.67 bits per heavy atom. The number of rotatable bonds is 3. The van der Waals surface area contributed by atoms with Crippen LogP contribution in [0.4, 0.5) is 10.5 Å². The lowest BCUT2D eigenvalue weighted by Gasteiger charge is -2.45. The van der Waals surface area contributed by atoms with Crippen LogP contribution in [0.2, 0.25) is 0 Å². The van der Waals surface area contributed by atoms with Gasteiger partial charge in [-0.1, -0.05) is 0 Å². The largest absolute Gasteiger partial charge is 0.322 e. The van der Waals surface area contributed by atoms with Gasteiger partial charge < -0.3 is 10.2 Å². The summed E-state index contributed by atoms with van der Waals surface area (Å²) in [6.45, 7) is 1.52. The third-order valence-electron chi connectivity index (χ3n) is 4.69. The number of anilines is 1. The van der Waals surface area contributed by atoms with Crippen LogP contribution in [0.3, 0.4) is 0 Å². The van der Waals surface area contributed by atoms with Crippen LogP contribution in [-0.4, -0.2) is 47.1 Å². The predicted octanol–water partition coefficient (Wildman–Crippen LogP) is 1.72. The number of urea groups is 1. The minimum Gasteiger partial charge on any atom is -0.318 e. The first-order valence-electron chi connectivity index (χ1n) is 8.12. The fraction of sp³-hybridized carbons (Fsp3) is 0.471. The number of benzene rings is 1. The van der Waals surface area contributed by atoms with E-state index < -0.39 is 5.60 Å². The van der Waals surface area contributed by atoms with E-state index in [0.717, 1.165) is 0 Å². The van der Waals surface area contributed by atoms with Crippen molar-refractivity contribution in [2.24, 2.45) is 5.92 Å². The Hall–Kier alpha value is -2.59. The first kappa shape index (κ1) is 15.0. The first-order valence-corrected chi connectivity index (χ1v) is 8.12. The molecular formula is C17H18N4O3. The Morgan fingerprint density at radius 2 is 2.04 bits per heavy atom. The van der Waals surface area contributed by atoms with Crippen molar-refractivity contribution in [1.82, 2.24) is 9.96 Å². The Morgan fingerprint density at radius 1 is 1.33 bits per heavy atom. The smallest absolute Gasteiger partial charge is 0.318 e. The lowest BCUT2D eigenvalue weighted by atomic mass is 9.91. The van der Waals surface area contributed by atoms with E-state index in [1.54, 1.807) is 29.2 Å². The van der Waals surface area contributed by atoms with Gasteiger partial charge in [0, 0.05) is 5.69 Å². The number of hydroxylamine groups is 2. The number of carbonyl (C=O) groups is 2. The lowest BCUT2D eigenvalue weighted by molar-refractivity contribution is -0.229. The predicted molar refractivity (Wildman–Crippen MR) is 84.6 cm³/mol. The van der Waals surface area contributed by atoms with Crippen molar-refractivity contribution in [2.45, 2.75) is 24.9 Å². The molecule has 7 nitrogen and oxygen atoms in total. The summed E-state index contributed by atoms with van der Waals surface area (Å²) in [6, 6.07) is 8.51. The summed E-state index contributed by atoms with van der Waals surface area (Å²) in [5, 5.41) is 13.1. The van der Waals surface area contributed by atoms with E-state index in [1.165, 1.54) is 17.9 Å². The second-order valence-electron chi connectivity index (χ2n) is 6.82. The van der Waals surface area contributed by atoms with Crippen molar-refractivity contribution in [3.8, 4) is 6.07 Å². The SMILES string of the molecule is N#Cc1ccc(NC(=O)N2CC3(CC(=O)N(CC4CC4)O3)C2)cc1. The Bertz CT molecular complexity index is 714. The molecule has 3 amide bonds. The standard InChI is InChI=1S/C17H18N4O3/c18-8-12-3-5-14(6-4-12)19-16(23)20-10-17(11-20)7-15(22)21(24-17)9-13-1-2-13/h3-6,13H,1-2,7,9-11H2,(H,19,23). The highest BCUT2D eigenvalue weighted by Crippen LogP contribution is 2.38. The highest BCUT2D eigenvalue weighted by atomic mass is 16.7. The van der Waals surface area contributed by atoms with Gasteiger partial charge in [-0.3, -0.25) is 9.63 Å². The van der Waals surface area contributed by atoms with Crippen molar-refractivity contribution in [3.05, 3.63) is 29.8 Å². The van der Waals surface area contributed by atoms with E-state index in [-0.39, 0.29) is 11.9 Å². The second-order valence-corrected chi connectivity index (χ2v) is 6.82. The van der Waals surface area contributed by atoms with Crippen molar-refractivity contribution < 1.29 is 14.4 Å². The van der Waals surface area contributed by atoms with Crippen LogP contribution in [0.5, 0.6) is 0 Å². The second kappa shape index (κ2) is 5.49. The van der Waals surface area contributed by atoms with E-state index in [0.29, 0.717) is 43.2 Å². The summed E-state index contributed by atoms with van der Waals surface area (Å²) in [4.78, 5) is 31.7. The lowest BCUT2D eigenvalue weighted by Crippen LogP contribution is -2.64. The zero-order valence-electron chi connectivity index (χ0n) is 13.2. The molecule has 124 valence electrons. The summed E-state index contributed by atoms with van der Waals surface area (Å²) >= 11 is 0. The molecule has 1 N–H and O–H groups in total. The maximum atomic E-state index is 12.2. The molecule has 1 saturated carbocycles. The molecule has 4 rings (SSSR count). The molecule has 0 bridgehead atoms. The van der Waals surface area contributed by atoms with Gasteiger partial charge in [-0.25, -0.2) is 9.86 Å². The van der Waals surface area contributed by atoms with Crippen LogP contribution in [0.1, 0.15) is 24.8 Å². The van der Waals surface area contributed by atoms with E-state index in [2.05, 4.69) is 5.32 Å². The number of carbonyl (C=O) groups excluding carboxylic acids is 2. The van der Waals surface area contributed by atoms with Crippen molar-refractivity contribution >= 4 is 17.6 Å². The Labute approximate surface area is 139 Å². The van der Waals surface area contributed by atoms with Gasteiger partial charge in [0.2, 0.25) is 5.91 Å². The number of nitrogens with one attached hydrogen (secondary N) is 1. The summed E-state index contributed by atoms with van der Waals surface area (Å²) in [5.41, 5.74) is 0.650. The highest BCUT2D eigenvalue weighted by Gasteiger charge is 2.55. The molecule has 3 aliphatic rings. The van der Waals surface area contributed by atoms with Crippen LogP contribution in [0, 0.1) is 17.2 Å². The molecule has 0 unspecified atom stereocenters. The monoisotopic (exact) mass is 326 g/mol. The number of nitriles is 1. The number of nitrogens with zero attached hydrogens (tertiary/aromatic N) is 3. The summed E-state index contributed by atoms with van der Waals surface area (Å²) in [5.74, 6) is 0.606. The van der Waals surface area contributed by atoms with Crippen LogP contribution in [0.25, 0.3) is 0 Å². The minimum atomic E-state index is -0.534. The molecular weight excluding hydrogens is 308 g/mol. The van der Waals surface area contributed by atoms with E-state index in [1.807, 2.05) is 6.07 Å². The van der Waals surface area contributed by atoms with Crippen molar-refractivity contribution in [3.63, 3.8) is 0 Å².